The van der Waals surface area contributed by atoms with Crippen LogP contribution in [0.5, 0.6) is 0 Å². The Bertz CT molecular complexity index is 977. The first-order valence-corrected chi connectivity index (χ1v) is 7.21. The molecule has 0 unspecified atom stereocenters. The maximum atomic E-state index is 13.7. The number of anilines is 1. The van der Waals surface area contributed by atoms with E-state index in [0.717, 1.165) is 26.6 Å². The van der Waals surface area contributed by atoms with Gasteiger partial charge in [0.1, 0.15) is 0 Å². The van der Waals surface area contributed by atoms with Crippen LogP contribution in [-0.2, 0) is 6.54 Å². The third kappa shape index (κ3) is 2.66. The molecule has 0 bridgehead atoms. The predicted octanol–water partition coefficient (Wildman–Crippen LogP) is 1.95. The van der Waals surface area contributed by atoms with Gasteiger partial charge in [0.05, 0.1) is 12.2 Å². The molecule has 1 aromatic heterocycles. The molecule has 0 aliphatic rings. The summed E-state index contributed by atoms with van der Waals surface area (Å²) < 4.78 is 29.0. The molecule has 0 aliphatic heterocycles. The van der Waals surface area contributed by atoms with E-state index in [9.17, 15) is 13.6 Å². The molecular weight excluding hydrogens is 316 g/mol. The number of aromatic nitrogens is 4. The molecule has 6 nitrogen and oxygen atoms in total. The number of rotatable bonds is 3. The number of hydrogen-bond donors (Lipinski definition) is 1. The van der Waals surface area contributed by atoms with Crippen molar-refractivity contribution in [3.8, 4) is 5.69 Å². The van der Waals surface area contributed by atoms with Crippen molar-refractivity contribution in [3.63, 3.8) is 0 Å². The van der Waals surface area contributed by atoms with Gasteiger partial charge >= 0.3 is 5.69 Å². The molecule has 2 N–H and O–H groups in total. The molecule has 0 atom stereocenters. The Labute approximate surface area is 136 Å². The monoisotopic (exact) mass is 331 g/mol. The van der Waals surface area contributed by atoms with Crippen LogP contribution >= 0.6 is 0 Å². The number of aryl methyl sites for hydroxylation is 1. The Balaban J connectivity index is 1.99. The lowest BCUT2D eigenvalue weighted by Crippen LogP contribution is -2.25. The number of halogens is 2. The van der Waals surface area contributed by atoms with Gasteiger partial charge in [0.15, 0.2) is 11.6 Å². The summed E-state index contributed by atoms with van der Waals surface area (Å²) in [5, 5.41) is 7.56. The molecule has 24 heavy (non-hydrogen) atoms. The second-order valence-corrected chi connectivity index (χ2v) is 5.53. The van der Waals surface area contributed by atoms with Crippen molar-refractivity contribution in [2.24, 2.45) is 0 Å². The number of hydrogen-bond acceptors (Lipinski definition) is 4. The predicted molar refractivity (Wildman–Crippen MR) is 85.0 cm³/mol. The number of nitrogens with zero attached hydrogens (tertiary/aromatic N) is 4. The van der Waals surface area contributed by atoms with Gasteiger partial charge in [0, 0.05) is 11.3 Å². The Hall–Kier alpha value is -3.03. The second-order valence-electron chi connectivity index (χ2n) is 5.53. The number of nitrogens with two attached hydrogens (primary N) is 1. The van der Waals surface area contributed by atoms with Gasteiger partial charge in [-0.1, -0.05) is 12.1 Å². The summed E-state index contributed by atoms with van der Waals surface area (Å²) in [7, 11) is 0. The average molecular weight is 331 g/mol. The summed E-state index contributed by atoms with van der Waals surface area (Å²) in [6.07, 6.45) is 0. The van der Waals surface area contributed by atoms with E-state index in [1.165, 1.54) is 13.0 Å². The Morgan fingerprint density at radius 3 is 2.58 bits per heavy atom. The lowest BCUT2D eigenvalue weighted by molar-refractivity contribution is 0.501. The van der Waals surface area contributed by atoms with Crippen LogP contribution in [0.3, 0.4) is 0 Å². The fourth-order valence-electron chi connectivity index (χ4n) is 2.40. The van der Waals surface area contributed by atoms with Gasteiger partial charge < -0.3 is 5.73 Å². The fraction of sp³-hybridized carbons (Fsp3) is 0.188. The van der Waals surface area contributed by atoms with Gasteiger partial charge in [0.2, 0.25) is 0 Å². The molecule has 2 aromatic carbocycles. The third-order valence-electron chi connectivity index (χ3n) is 3.84. The summed E-state index contributed by atoms with van der Waals surface area (Å²) in [5.41, 5.74) is 7.75. The Kier molecular flexibility index (Phi) is 3.88. The number of benzene rings is 2. The van der Waals surface area contributed by atoms with Crippen LogP contribution < -0.4 is 11.4 Å². The molecule has 0 fully saturated rings. The van der Waals surface area contributed by atoms with Crippen LogP contribution in [0.15, 0.2) is 35.1 Å². The van der Waals surface area contributed by atoms with Crippen molar-refractivity contribution in [1.29, 1.82) is 0 Å². The Morgan fingerprint density at radius 2 is 1.88 bits per heavy atom. The van der Waals surface area contributed by atoms with E-state index in [1.807, 2.05) is 13.0 Å². The number of nitrogen functional groups attached to an aromatic ring is 1. The van der Waals surface area contributed by atoms with Crippen molar-refractivity contribution in [1.82, 2.24) is 19.8 Å². The molecule has 0 saturated heterocycles. The molecule has 0 spiro atoms. The van der Waals surface area contributed by atoms with Gasteiger partial charge in [-0.15, -0.1) is 0 Å². The Morgan fingerprint density at radius 1 is 1.12 bits per heavy atom. The molecule has 3 rings (SSSR count). The van der Waals surface area contributed by atoms with E-state index in [4.69, 9.17) is 5.73 Å². The van der Waals surface area contributed by atoms with Gasteiger partial charge in [-0.3, -0.25) is 0 Å². The molecule has 0 radical (unpaired) electrons. The van der Waals surface area contributed by atoms with Crippen molar-refractivity contribution < 1.29 is 8.78 Å². The summed E-state index contributed by atoms with van der Waals surface area (Å²) >= 11 is 0. The van der Waals surface area contributed by atoms with Crippen LogP contribution in [0.4, 0.5) is 14.5 Å². The zero-order valence-electron chi connectivity index (χ0n) is 13.1. The summed E-state index contributed by atoms with van der Waals surface area (Å²) in [5.74, 6) is -1.99. The third-order valence-corrected chi connectivity index (χ3v) is 3.84. The van der Waals surface area contributed by atoms with Gasteiger partial charge in [-0.05, 0) is 53.6 Å². The van der Waals surface area contributed by atoms with Crippen LogP contribution in [0.2, 0.25) is 0 Å². The van der Waals surface area contributed by atoms with Gasteiger partial charge in [0.25, 0.3) is 0 Å². The highest BCUT2D eigenvalue weighted by molar-refractivity contribution is 5.47. The van der Waals surface area contributed by atoms with Crippen LogP contribution in [0.25, 0.3) is 5.69 Å². The van der Waals surface area contributed by atoms with Crippen molar-refractivity contribution in [2.75, 3.05) is 5.73 Å². The molecule has 124 valence electrons. The standard InChI is InChI=1S/C16H15F2N5O/c1-9-7-11(3-5-13(9)19)8-22-16(24)23(21-20-22)14-6-4-12(17)15(18)10(14)2/h3-7H,8,19H2,1-2H3. The highest BCUT2D eigenvalue weighted by atomic mass is 19.2. The van der Waals surface area contributed by atoms with Crippen LogP contribution in [-0.4, -0.2) is 19.8 Å². The molecule has 3 aromatic rings. The van der Waals surface area contributed by atoms with Crippen molar-refractivity contribution >= 4 is 5.69 Å². The molecule has 0 aliphatic carbocycles. The maximum Gasteiger partial charge on any atom is 0.368 e. The minimum atomic E-state index is -1.01. The van der Waals surface area contributed by atoms with Crippen LogP contribution in [0, 0.1) is 25.5 Å². The van der Waals surface area contributed by atoms with E-state index in [1.54, 1.807) is 12.1 Å². The topological polar surface area (TPSA) is 78.7 Å². The summed E-state index contributed by atoms with van der Waals surface area (Å²) in [4.78, 5) is 12.4. The summed E-state index contributed by atoms with van der Waals surface area (Å²) in [6, 6.07) is 7.63. The normalized spacial score (nSPS) is 11.0. The smallest absolute Gasteiger partial charge is 0.368 e. The van der Waals surface area contributed by atoms with Crippen LogP contribution in [0.1, 0.15) is 16.7 Å². The van der Waals surface area contributed by atoms with E-state index in [0.29, 0.717) is 5.69 Å². The highest BCUT2D eigenvalue weighted by Gasteiger charge is 2.16. The van der Waals surface area contributed by atoms with Crippen molar-refractivity contribution in [3.05, 3.63) is 69.1 Å². The quantitative estimate of drug-likeness (QED) is 0.744. The zero-order valence-corrected chi connectivity index (χ0v) is 13.1. The largest absolute Gasteiger partial charge is 0.399 e. The first-order chi connectivity index (χ1) is 11.4. The summed E-state index contributed by atoms with van der Waals surface area (Å²) in [6.45, 7) is 3.44. The molecule has 0 amide bonds. The van der Waals surface area contributed by atoms with Gasteiger partial charge in [-0.2, -0.15) is 9.36 Å². The van der Waals surface area contributed by atoms with Crippen molar-refractivity contribution in [2.45, 2.75) is 20.4 Å². The lowest BCUT2D eigenvalue weighted by atomic mass is 10.1. The average Bonchev–Trinajstić information content (AvgIpc) is 2.90. The van der Waals surface area contributed by atoms with E-state index >= 15 is 0 Å². The molecule has 8 heteroatoms. The first-order valence-electron chi connectivity index (χ1n) is 7.21. The highest BCUT2D eigenvalue weighted by Crippen LogP contribution is 2.18. The van der Waals surface area contributed by atoms with E-state index < -0.39 is 17.3 Å². The minimum absolute atomic E-state index is 0.00696. The molecule has 1 heterocycles. The fourth-order valence-corrected chi connectivity index (χ4v) is 2.40. The van der Waals surface area contributed by atoms with Gasteiger partial charge in [-0.25, -0.2) is 13.6 Å². The second kappa shape index (κ2) is 5.88. The first kappa shape index (κ1) is 15.9. The number of tetrazole rings is 1. The lowest BCUT2D eigenvalue weighted by Gasteiger charge is -2.05. The zero-order chi connectivity index (χ0) is 17.4. The SMILES string of the molecule is Cc1cc(Cn2nnn(-c3ccc(F)c(F)c3C)c2=O)ccc1N. The maximum absolute atomic E-state index is 13.7. The molecular formula is C16H15F2N5O. The minimum Gasteiger partial charge on any atom is -0.399 e. The molecule has 0 saturated carbocycles. The van der Waals surface area contributed by atoms with E-state index in [2.05, 4.69) is 10.4 Å². The van der Waals surface area contributed by atoms with E-state index in [-0.39, 0.29) is 17.8 Å².